The molecule has 1 aliphatic rings. The molecule has 0 aromatic heterocycles. The predicted octanol–water partition coefficient (Wildman–Crippen LogP) is 3.62. The Balaban J connectivity index is 1.87. The third kappa shape index (κ3) is 3.86. The molecule has 0 saturated heterocycles. The first-order valence-corrected chi connectivity index (χ1v) is 10.3. The molecule has 1 aliphatic carbocycles. The first-order chi connectivity index (χ1) is 12.4. The van der Waals surface area contributed by atoms with Crippen LogP contribution in [0, 0.1) is 0 Å². The normalized spacial score (nSPS) is 15.2. The molecule has 0 spiro atoms. The van der Waals surface area contributed by atoms with E-state index < -0.39 is 10.0 Å². The van der Waals surface area contributed by atoms with Gasteiger partial charge in [0.05, 0.1) is 14.2 Å². The standard InChI is InChI=1S/C20H25NO4S/c1-14(16-9-8-15-6-4-5-7-17(15)12-16)21-26(22,23)20-13-18(24-2)10-11-19(20)25-3/h8-14,21H,4-7H2,1-3H3/t14-/m1/s1. The zero-order valence-corrected chi connectivity index (χ0v) is 16.2. The molecule has 0 radical (unpaired) electrons. The van der Waals surface area contributed by atoms with Crippen LogP contribution in [-0.2, 0) is 22.9 Å². The van der Waals surface area contributed by atoms with Gasteiger partial charge in [-0.25, -0.2) is 13.1 Å². The lowest BCUT2D eigenvalue weighted by molar-refractivity contribution is 0.391. The molecule has 0 saturated carbocycles. The zero-order chi connectivity index (χ0) is 18.7. The summed E-state index contributed by atoms with van der Waals surface area (Å²) >= 11 is 0. The summed E-state index contributed by atoms with van der Waals surface area (Å²) < 4.78 is 38.9. The van der Waals surface area contributed by atoms with Crippen LogP contribution in [0.25, 0.3) is 0 Å². The number of fused-ring (bicyclic) bond motifs is 1. The van der Waals surface area contributed by atoms with Crippen molar-refractivity contribution in [3.05, 3.63) is 53.1 Å². The SMILES string of the molecule is COc1ccc(OC)c(S(=O)(=O)N[C@H](C)c2ccc3c(c2)CCCC3)c1. The Morgan fingerprint density at radius 1 is 0.962 bits per heavy atom. The Morgan fingerprint density at radius 2 is 1.69 bits per heavy atom. The van der Waals surface area contributed by atoms with Gasteiger partial charge in [-0.1, -0.05) is 18.2 Å². The van der Waals surface area contributed by atoms with E-state index in [9.17, 15) is 8.42 Å². The van der Waals surface area contributed by atoms with Gasteiger partial charge in [0, 0.05) is 12.1 Å². The molecular formula is C20H25NO4S. The summed E-state index contributed by atoms with van der Waals surface area (Å²) in [7, 11) is -0.806. The van der Waals surface area contributed by atoms with Crippen LogP contribution in [-0.4, -0.2) is 22.6 Å². The minimum Gasteiger partial charge on any atom is -0.497 e. The van der Waals surface area contributed by atoms with Gasteiger partial charge in [-0.15, -0.1) is 0 Å². The Hall–Kier alpha value is -2.05. The van der Waals surface area contributed by atoms with E-state index in [0.29, 0.717) is 5.75 Å². The van der Waals surface area contributed by atoms with Gasteiger partial charge in [-0.3, -0.25) is 0 Å². The molecule has 1 atom stereocenters. The maximum Gasteiger partial charge on any atom is 0.244 e. The van der Waals surface area contributed by atoms with Gasteiger partial charge in [-0.2, -0.15) is 0 Å². The minimum absolute atomic E-state index is 0.0733. The zero-order valence-electron chi connectivity index (χ0n) is 15.4. The molecule has 2 aromatic rings. The van der Waals surface area contributed by atoms with Crippen LogP contribution in [0.15, 0.2) is 41.3 Å². The molecule has 0 fully saturated rings. The number of sulfonamides is 1. The number of hydrogen-bond donors (Lipinski definition) is 1. The third-order valence-corrected chi connectivity index (χ3v) is 6.43. The van der Waals surface area contributed by atoms with Gasteiger partial charge in [0.1, 0.15) is 16.4 Å². The summed E-state index contributed by atoms with van der Waals surface area (Å²) in [6, 6.07) is 10.7. The first-order valence-electron chi connectivity index (χ1n) is 8.80. The van der Waals surface area contributed by atoms with E-state index in [1.165, 1.54) is 44.3 Å². The topological polar surface area (TPSA) is 64.6 Å². The molecule has 1 N–H and O–H groups in total. The Kier molecular flexibility index (Phi) is 5.53. The maximum atomic E-state index is 12.9. The second-order valence-electron chi connectivity index (χ2n) is 6.60. The Morgan fingerprint density at radius 3 is 2.38 bits per heavy atom. The summed E-state index contributed by atoms with van der Waals surface area (Å²) in [5.41, 5.74) is 3.68. The third-order valence-electron chi connectivity index (χ3n) is 4.86. The largest absolute Gasteiger partial charge is 0.497 e. The van der Waals surface area contributed by atoms with Gasteiger partial charge in [0.25, 0.3) is 0 Å². The quantitative estimate of drug-likeness (QED) is 0.837. The van der Waals surface area contributed by atoms with E-state index >= 15 is 0 Å². The molecule has 0 aliphatic heterocycles. The van der Waals surface area contributed by atoms with Crippen molar-refractivity contribution in [3.63, 3.8) is 0 Å². The second kappa shape index (κ2) is 7.68. The van der Waals surface area contributed by atoms with Gasteiger partial charge < -0.3 is 9.47 Å². The lowest BCUT2D eigenvalue weighted by atomic mass is 9.89. The highest BCUT2D eigenvalue weighted by Gasteiger charge is 2.24. The summed E-state index contributed by atoms with van der Waals surface area (Å²) in [4.78, 5) is 0.0733. The van der Waals surface area contributed by atoms with Crippen molar-refractivity contribution in [2.75, 3.05) is 14.2 Å². The predicted molar refractivity (Wildman–Crippen MR) is 101 cm³/mol. The van der Waals surface area contributed by atoms with Crippen LogP contribution in [0.3, 0.4) is 0 Å². The van der Waals surface area contributed by atoms with Gasteiger partial charge in [-0.05, 0) is 61.4 Å². The van der Waals surface area contributed by atoms with Crippen molar-refractivity contribution < 1.29 is 17.9 Å². The molecule has 0 unspecified atom stereocenters. The fourth-order valence-corrected chi connectivity index (χ4v) is 4.80. The molecule has 3 rings (SSSR count). The summed E-state index contributed by atoms with van der Waals surface area (Å²) in [6.07, 6.45) is 4.59. The summed E-state index contributed by atoms with van der Waals surface area (Å²) in [6.45, 7) is 1.86. The van der Waals surface area contributed by atoms with Crippen molar-refractivity contribution in [3.8, 4) is 11.5 Å². The molecule has 0 amide bonds. The molecule has 2 aromatic carbocycles. The van der Waals surface area contributed by atoms with Gasteiger partial charge >= 0.3 is 0 Å². The first kappa shape index (κ1) is 18.7. The van der Waals surface area contributed by atoms with Crippen LogP contribution in [0.5, 0.6) is 11.5 Å². The van der Waals surface area contributed by atoms with Crippen LogP contribution in [0.2, 0.25) is 0 Å². The van der Waals surface area contributed by atoms with Crippen LogP contribution < -0.4 is 14.2 Å². The highest BCUT2D eigenvalue weighted by atomic mass is 32.2. The summed E-state index contributed by atoms with van der Waals surface area (Å²) in [5.74, 6) is 0.753. The molecule has 140 valence electrons. The molecule has 26 heavy (non-hydrogen) atoms. The van der Waals surface area contributed by atoms with E-state index in [1.54, 1.807) is 12.1 Å². The van der Waals surface area contributed by atoms with E-state index in [-0.39, 0.29) is 16.7 Å². The lowest BCUT2D eigenvalue weighted by Gasteiger charge is -2.20. The van der Waals surface area contributed by atoms with E-state index in [0.717, 1.165) is 18.4 Å². The van der Waals surface area contributed by atoms with Crippen molar-refractivity contribution in [2.45, 2.75) is 43.5 Å². The fourth-order valence-electron chi connectivity index (χ4n) is 3.38. The van der Waals surface area contributed by atoms with Crippen LogP contribution >= 0.6 is 0 Å². The Labute approximate surface area is 155 Å². The van der Waals surface area contributed by atoms with Crippen LogP contribution in [0.4, 0.5) is 0 Å². The lowest BCUT2D eigenvalue weighted by Crippen LogP contribution is -2.27. The summed E-state index contributed by atoms with van der Waals surface area (Å²) in [5, 5.41) is 0. The highest BCUT2D eigenvalue weighted by molar-refractivity contribution is 7.89. The highest BCUT2D eigenvalue weighted by Crippen LogP contribution is 2.30. The van der Waals surface area contributed by atoms with E-state index in [4.69, 9.17) is 9.47 Å². The number of ether oxygens (including phenoxy) is 2. The molecule has 0 heterocycles. The minimum atomic E-state index is -3.76. The van der Waals surface area contributed by atoms with Gasteiger partial charge in [0.15, 0.2) is 0 Å². The number of hydrogen-bond acceptors (Lipinski definition) is 4. The van der Waals surface area contributed by atoms with E-state index in [1.807, 2.05) is 13.0 Å². The van der Waals surface area contributed by atoms with Gasteiger partial charge in [0.2, 0.25) is 10.0 Å². The number of benzene rings is 2. The number of rotatable bonds is 6. The smallest absolute Gasteiger partial charge is 0.244 e. The second-order valence-corrected chi connectivity index (χ2v) is 8.28. The molecule has 0 bridgehead atoms. The maximum absolute atomic E-state index is 12.9. The van der Waals surface area contributed by atoms with Crippen molar-refractivity contribution in [1.29, 1.82) is 0 Å². The molecule has 6 heteroatoms. The number of methoxy groups -OCH3 is 2. The fraction of sp³-hybridized carbons (Fsp3) is 0.400. The van der Waals surface area contributed by atoms with Crippen molar-refractivity contribution in [1.82, 2.24) is 4.72 Å². The molecular weight excluding hydrogens is 350 g/mol. The van der Waals surface area contributed by atoms with E-state index in [2.05, 4.69) is 16.9 Å². The number of aryl methyl sites for hydroxylation is 2. The van der Waals surface area contributed by atoms with Crippen molar-refractivity contribution in [2.24, 2.45) is 0 Å². The van der Waals surface area contributed by atoms with Crippen molar-refractivity contribution >= 4 is 10.0 Å². The average molecular weight is 375 g/mol. The molecule has 5 nitrogen and oxygen atoms in total. The van der Waals surface area contributed by atoms with Crippen LogP contribution in [0.1, 0.15) is 42.5 Å². The average Bonchev–Trinajstić information content (AvgIpc) is 2.66. The Bertz CT molecular complexity index is 893. The monoisotopic (exact) mass is 375 g/mol. The number of nitrogens with one attached hydrogen (secondary N) is 1.